The normalized spacial score (nSPS) is 23.6. The van der Waals surface area contributed by atoms with Crippen molar-refractivity contribution in [2.45, 2.75) is 6.17 Å². The van der Waals surface area contributed by atoms with E-state index in [9.17, 15) is 4.79 Å². The van der Waals surface area contributed by atoms with Crippen molar-refractivity contribution in [2.24, 2.45) is 5.73 Å². The lowest BCUT2D eigenvalue weighted by molar-refractivity contribution is 0.200. The average Bonchev–Trinajstić information content (AvgIpc) is 1.83. The molecule has 0 saturated carbocycles. The van der Waals surface area contributed by atoms with Crippen molar-refractivity contribution in [3.05, 3.63) is 12.3 Å². The minimum Gasteiger partial charge on any atom is -0.315 e. The van der Waals surface area contributed by atoms with Crippen LogP contribution in [0.1, 0.15) is 0 Å². The molecule has 3 N–H and O–H groups in total. The van der Waals surface area contributed by atoms with E-state index in [0.717, 1.165) is 0 Å². The number of nitrogens with two attached hydrogens (primary N) is 1. The van der Waals surface area contributed by atoms with Gasteiger partial charge in [0.1, 0.15) is 6.17 Å². The predicted molar refractivity (Wildman–Crippen MR) is 40.7 cm³/mol. The van der Waals surface area contributed by atoms with Crippen LogP contribution in [0.2, 0.25) is 0 Å². The molecule has 1 rings (SSSR count). The van der Waals surface area contributed by atoms with E-state index in [-0.39, 0.29) is 24.6 Å². The van der Waals surface area contributed by atoms with Gasteiger partial charge in [-0.2, -0.15) is 0 Å². The Hall–Kier alpha value is -0.740. The molecule has 0 aromatic rings. The lowest BCUT2D eigenvalue weighted by Gasteiger charge is -2.24. The molecule has 0 bridgehead atoms. The zero-order chi connectivity index (χ0) is 6.85. The van der Waals surface area contributed by atoms with Gasteiger partial charge in [0, 0.05) is 13.2 Å². The first kappa shape index (κ1) is 9.26. The van der Waals surface area contributed by atoms with Crippen LogP contribution in [0.4, 0.5) is 4.79 Å². The minimum atomic E-state index is -0.279. The molecule has 1 aliphatic heterocycles. The van der Waals surface area contributed by atoms with Crippen molar-refractivity contribution in [1.29, 1.82) is 0 Å². The van der Waals surface area contributed by atoms with E-state index in [1.165, 1.54) is 4.90 Å². The fraction of sp³-hybridized carbons (Fsp3) is 0.400. The summed E-state index contributed by atoms with van der Waals surface area (Å²) >= 11 is 0. The maximum Gasteiger partial charge on any atom is 0.322 e. The second-order valence-electron chi connectivity index (χ2n) is 1.91. The standard InChI is InChI=1S/C5H9N3O.ClH/c1-8-4(6)2-3-7-5(8)9;/h2-4H,6H2,1H3,(H,7,9);1H. The number of hydrogen-bond donors (Lipinski definition) is 2. The number of likely N-dealkylation sites (N-methyl/N-ethyl adjacent to an activating group) is 1. The first-order valence-corrected chi connectivity index (χ1v) is 2.67. The summed E-state index contributed by atoms with van der Waals surface area (Å²) in [5.41, 5.74) is 5.45. The van der Waals surface area contributed by atoms with E-state index in [0.29, 0.717) is 0 Å². The lowest BCUT2D eigenvalue weighted by atomic mass is 10.4. The largest absolute Gasteiger partial charge is 0.322 e. The van der Waals surface area contributed by atoms with Crippen LogP contribution < -0.4 is 11.1 Å². The molecule has 0 aromatic heterocycles. The third-order valence-corrected chi connectivity index (χ3v) is 1.27. The first-order chi connectivity index (χ1) is 4.22. The van der Waals surface area contributed by atoms with Crippen LogP contribution in [0, 0.1) is 0 Å². The van der Waals surface area contributed by atoms with E-state index in [2.05, 4.69) is 5.32 Å². The van der Waals surface area contributed by atoms with Gasteiger partial charge in [-0.25, -0.2) is 4.79 Å². The monoisotopic (exact) mass is 163 g/mol. The van der Waals surface area contributed by atoms with Crippen molar-refractivity contribution in [3.63, 3.8) is 0 Å². The molecule has 5 heteroatoms. The van der Waals surface area contributed by atoms with Crippen LogP contribution >= 0.6 is 12.4 Å². The summed E-state index contributed by atoms with van der Waals surface area (Å²) in [6.07, 6.45) is 2.98. The summed E-state index contributed by atoms with van der Waals surface area (Å²) in [5.74, 6) is 0. The molecule has 1 heterocycles. The predicted octanol–water partition coefficient (Wildman–Crippen LogP) is -0.138. The molecule has 0 fully saturated rings. The number of carbonyl (C=O) groups is 1. The lowest BCUT2D eigenvalue weighted by Crippen LogP contribution is -2.48. The molecule has 0 aliphatic carbocycles. The van der Waals surface area contributed by atoms with Crippen molar-refractivity contribution in [3.8, 4) is 0 Å². The second-order valence-corrected chi connectivity index (χ2v) is 1.91. The van der Waals surface area contributed by atoms with Crippen LogP contribution in [0.3, 0.4) is 0 Å². The second kappa shape index (κ2) is 3.43. The Balaban J connectivity index is 0.000000810. The van der Waals surface area contributed by atoms with Crippen LogP contribution in [0.25, 0.3) is 0 Å². The molecule has 10 heavy (non-hydrogen) atoms. The maximum absolute atomic E-state index is 10.7. The van der Waals surface area contributed by atoms with E-state index < -0.39 is 0 Å². The maximum atomic E-state index is 10.7. The minimum absolute atomic E-state index is 0. The van der Waals surface area contributed by atoms with Crippen molar-refractivity contribution in [1.82, 2.24) is 10.2 Å². The summed E-state index contributed by atoms with van der Waals surface area (Å²) in [4.78, 5) is 12.1. The van der Waals surface area contributed by atoms with Crippen LogP contribution in [-0.2, 0) is 0 Å². The summed E-state index contributed by atoms with van der Waals surface area (Å²) in [7, 11) is 1.64. The Bertz CT molecular complexity index is 159. The van der Waals surface area contributed by atoms with E-state index in [1.807, 2.05) is 0 Å². The molecule has 0 saturated heterocycles. The number of halogens is 1. The Morgan fingerprint density at radius 1 is 1.80 bits per heavy atom. The molecule has 0 radical (unpaired) electrons. The molecule has 1 atom stereocenters. The summed E-state index contributed by atoms with van der Waals surface area (Å²) in [5, 5.41) is 2.49. The highest BCUT2D eigenvalue weighted by molar-refractivity contribution is 5.85. The first-order valence-electron chi connectivity index (χ1n) is 2.67. The van der Waals surface area contributed by atoms with Gasteiger partial charge >= 0.3 is 6.03 Å². The van der Waals surface area contributed by atoms with Crippen LogP contribution in [0.5, 0.6) is 0 Å². The zero-order valence-corrected chi connectivity index (χ0v) is 6.39. The summed E-state index contributed by atoms with van der Waals surface area (Å²) in [6, 6.07) is -0.162. The quantitative estimate of drug-likeness (QED) is 0.523. The molecule has 2 amide bonds. The number of rotatable bonds is 0. The van der Waals surface area contributed by atoms with Gasteiger partial charge in [-0.15, -0.1) is 12.4 Å². The van der Waals surface area contributed by atoms with E-state index in [4.69, 9.17) is 5.73 Å². The van der Waals surface area contributed by atoms with Crippen molar-refractivity contribution < 1.29 is 4.79 Å². The molecular weight excluding hydrogens is 154 g/mol. The Morgan fingerprint density at radius 3 is 2.80 bits per heavy atom. The topological polar surface area (TPSA) is 58.4 Å². The van der Waals surface area contributed by atoms with Gasteiger partial charge in [-0.3, -0.25) is 0 Å². The summed E-state index contributed by atoms with van der Waals surface area (Å²) < 4.78 is 0. The Kier molecular flexibility index (Phi) is 3.18. The number of carbonyl (C=O) groups excluding carboxylic acids is 1. The number of nitrogens with zero attached hydrogens (tertiary/aromatic N) is 1. The third kappa shape index (κ3) is 1.62. The summed E-state index contributed by atoms with van der Waals surface area (Å²) in [6.45, 7) is 0. The van der Waals surface area contributed by atoms with Gasteiger partial charge in [0.2, 0.25) is 0 Å². The molecule has 58 valence electrons. The molecular formula is C5H10ClN3O. The number of urea groups is 1. The molecule has 1 unspecified atom stereocenters. The molecule has 1 aliphatic rings. The number of hydrogen-bond acceptors (Lipinski definition) is 2. The van der Waals surface area contributed by atoms with E-state index in [1.54, 1.807) is 19.3 Å². The van der Waals surface area contributed by atoms with Gasteiger partial charge in [0.25, 0.3) is 0 Å². The van der Waals surface area contributed by atoms with Crippen molar-refractivity contribution >= 4 is 18.4 Å². The molecule has 4 nitrogen and oxygen atoms in total. The van der Waals surface area contributed by atoms with Gasteiger partial charge in [0.15, 0.2) is 0 Å². The third-order valence-electron chi connectivity index (χ3n) is 1.27. The fourth-order valence-electron chi connectivity index (χ4n) is 0.584. The van der Waals surface area contributed by atoms with Gasteiger partial charge in [0.05, 0.1) is 0 Å². The van der Waals surface area contributed by atoms with Gasteiger partial charge in [-0.1, -0.05) is 0 Å². The highest BCUT2D eigenvalue weighted by Crippen LogP contribution is 1.95. The average molecular weight is 164 g/mol. The van der Waals surface area contributed by atoms with Crippen LogP contribution in [0.15, 0.2) is 12.3 Å². The van der Waals surface area contributed by atoms with E-state index >= 15 is 0 Å². The van der Waals surface area contributed by atoms with Gasteiger partial charge < -0.3 is 16.0 Å². The fourth-order valence-corrected chi connectivity index (χ4v) is 0.584. The zero-order valence-electron chi connectivity index (χ0n) is 5.57. The Labute approximate surface area is 65.5 Å². The van der Waals surface area contributed by atoms with Gasteiger partial charge in [-0.05, 0) is 6.08 Å². The number of amides is 2. The van der Waals surface area contributed by atoms with Crippen LogP contribution in [-0.4, -0.2) is 24.1 Å². The highest BCUT2D eigenvalue weighted by atomic mass is 35.5. The van der Waals surface area contributed by atoms with Crippen molar-refractivity contribution in [2.75, 3.05) is 7.05 Å². The molecule has 0 aromatic carbocycles. The Morgan fingerprint density at radius 2 is 2.40 bits per heavy atom. The SMILES string of the molecule is CN1C(=O)NC=CC1N.Cl. The smallest absolute Gasteiger partial charge is 0.315 e. The number of nitrogens with one attached hydrogen (secondary N) is 1. The highest BCUT2D eigenvalue weighted by Gasteiger charge is 2.15. The molecule has 0 spiro atoms.